The molecule has 0 saturated carbocycles. The summed E-state index contributed by atoms with van der Waals surface area (Å²) in [5, 5.41) is 6.69. The van der Waals surface area contributed by atoms with Crippen molar-refractivity contribution in [3.8, 4) is 5.75 Å². The van der Waals surface area contributed by atoms with Crippen molar-refractivity contribution >= 4 is 23.2 Å². The number of hydrogen-bond acceptors (Lipinski definition) is 3. The Hall–Kier alpha value is -2.08. The van der Waals surface area contributed by atoms with Gasteiger partial charge in [-0.1, -0.05) is 11.6 Å². The molecule has 0 aliphatic carbocycles. The second-order valence-electron chi connectivity index (χ2n) is 3.99. The van der Waals surface area contributed by atoms with Gasteiger partial charge < -0.3 is 10.1 Å². The van der Waals surface area contributed by atoms with Crippen molar-refractivity contribution in [1.29, 1.82) is 0 Å². The number of aromatic nitrogens is 2. The molecule has 0 unspecified atom stereocenters. The van der Waals surface area contributed by atoms with E-state index >= 15 is 0 Å². The quantitative estimate of drug-likeness (QED) is 0.923. The molecule has 0 saturated heterocycles. The first-order valence-electron chi connectivity index (χ1n) is 5.98. The Morgan fingerprint density at radius 3 is 3.00 bits per heavy atom. The molecule has 0 fully saturated rings. The van der Waals surface area contributed by atoms with Gasteiger partial charge in [-0.05, 0) is 25.1 Å². The van der Waals surface area contributed by atoms with E-state index in [2.05, 4.69) is 10.4 Å². The van der Waals surface area contributed by atoms with Crippen molar-refractivity contribution in [1.82, 2.24) is 9.78 Å². The number of amides is 1. The largest absolute Gasteiger partial charge is 0.480 e. The van der Waals surface area contributed by atoms with Crippen LogP contribution in [0.2, 0.25) is 5.02 Å². The van der Waals surface area contributed by atoms with E-state index in [-0.39, 0.29) is 17.5 Å². The van der Waals surface area contributed by atoms with Crippen molar-refractivity contribution in [2.45, 2.75) is 13.5 Å². The Morgan fingerprint density at radius 1 is 1.55 bits per heavy atom. The lowest BCUT2D eigenvalue weighted by Gasteiger charge is -2.07. The molecule has 1 N–H and O–H groups in total. The van der Waals surface area contributed by atoms with Crippen LogP contribution >= 0.6 is 11.6 Å². The summed E-state index contributed by atoms with van der Waals surface area (Å²) in [5.41, 5.74) is 0.339. The maximum absolute atomic E-state index is 12.9. The van der Waals surface area contributed by atoms with E-state index in [9.17, 15) is 9.18 Å². The van der Waals surface area contributed by atoms with Gasteiger partial charge in [0.1, 0.15) is 5.82 Å². The molecule has 0 bridgehead atoms. The van der Waals surface area contributed by atoms with Crippen LogP contribution in [0.25, 0.3) is 0 Å². The van der Waals surface area contributed by atoms with Crippen LogP contribution < -0.4 is 10.1 Å². The molecular formula is C13H13ClFN3O2. The topological polar surface area (TPSA) is 56.1 Å². The molecule has 1 amide bonds. The predicted octanol–water partition coefficient (Wildman–Crippen LogP) is 2.71. The molecule has 7 heteroatoms. The van der Waals surface area contributed by atoms with Gasteiger partial charge in [0, 0.05) is 6.54 Å². The van der Waals surface area contributed by atoms with Gasteiger partial charge in [-0.2, -0.15) is 5.10 Å². The summed E-state index contributed by atoms with van der Waals surface area (Å²) >= 11 is 5.80. The molecule has 106 valence electrons. The lowest BCUT2D eigenvalue weighted by Crippen LogP contribution is -2.20. The van der Waals surface area contributed by atoms with Gasteiger partial charge >= 0.3 is 0 Å². The summed E-state index contributed by atoms with van der Waals surface area (Å²) < 4.78 is 19.8. The average Bonchev–Trinajstić information content (AvgIpc) is 2.88. The summed E-state index contributed by atoms with van der Waals surface area (Å²) in [4.78, 5) is 11.7. The van der Waals surface area contributed by atoms with Gasteiger partial charge in [-0.3, -0.25) is 9.48 Å². The minimum atomic E-state index is -0.462. The number of hydrogen-bond donors (Lipinski definition) is 1. The summed E-state index contributed by atoms with van der Waals surface area (Å²) in [7, 11) is 0. The van der Waals surface area contributed by atoms with Crippen molar-refractivity contribution in [2.75, 3.05) is 11.9 Å². The first-order chi connectivity index (χ1) is 9.58. The van der Waals surface area contributed by atoms with Gasteiger partial charge in [0.15, 0.2) is 12.4 Å². The van der Waals surface area contributed by atoms with Crippen molar-refractivity contribution in [3.05, 3.63) is 41.4 Å². The molecule has 1 heterocycles. The van der Waals surface area contributed by atoms with E-state index in [0.717, 1.165) is 12.6 Å². The van der Waals surface area contributed by atoms with E-state index in [1.165, 1.54) is 18.3 Å². The van der Waals surface area contributed by atoms with E-state index < -0.39 is 5.82 Å². The van der Waals surface area contributed by atoms with Crippen LogP contribution in [0.5, 0.6) is 5.75 Å². The minimum Gasteiger partial charge on any atom is -0.480 e. The number of nitrogens with one attached hydrogen (secondary N) is 1. The molecule has 20 heavy (non-hydrogen) atoms. The van der Waals surface area contributed by atoms with Crippen LogP contribution in [0.1, 0.15) is 6.92 Å². The first kappa shape index (κ1) is 14.3. The van der Waals surface area contributed by atoms with Gasteiger partial charge in [-0.25, -0.2) is 4.39 Å². The second kappa shape index (κ2) is 6.38. The van der Waals surface area contributed by atoms with Crippen molar-refractivity contribution in [2.24, 2.45) is 0 Å². The molecule has 0 spiro atoms. The lowest BCUT2D eigenvalue weighted by molar-refractivity contribution is -0.118. The third-order valence-corrected chi connectivity index (χ3v) is 2.82. The van der Waals surface area contributed by atoms with Gasteiger partial charge in [-0.15, -0.1) is 0 Å². The predicted molar refractivity (Wildman–Crippen MR) is 73.4 cm³/mol. The summed E-state index contributed by atoms with van der Waals surface area (Å²) in [6.45, 7) is 2.49. The van der Waals surface area contributed by atoms with Crippen LogP contribution in [0.3, 0.4) is 0 Å². The first-order valence-corrected chi connectivity index (χ1v) is 6.36. The number of anilines is 1. The van der Waals surface area contributed by atoms with Crippen molar-refractivity contribution in [3.63, 3.8) is 0 Å². The average molecular weight is 298 g/mol. The highest BCUT2D eigenvalue weighted by Crippen LogP contribution is 2.22. The molecule has 2 rings (SSSR count). The molecule has 5 nitrogen and oxygen atoms in total. The van der Waals surface area contributed by atoms with Gasteiger partial charge in [0.2, 0.25) is 0 Å². The Morgan fingerprint density at radius 2 is 2.35 bits per heavy atom. The molecule has 2 aromatic rings. The van der Waals surface area contributed by atoms with Crippen LogP contribution in [-0.2, 0) is 11.3 Å². The normalized spacial score (nSPS) is 10.3. The van der Waals surface area contributed by atoms with E-state index in [4.69, 9.17) is 16.3 Å². The second-order valence-corrected chi connectivity index (χ2v) is 4.40. The van der Waals surface area contributed by atoms with Gasteiger partial charge in [0.05, 0.1) is 23.1 Å². The van der Waals surface area contributed by atoms with Gasteiger partial charge in [0.25, 0.3) is 5.91 Å². The molecule has 0 aliphatic rings. The number of carbonyl (C=O) groups excluding carboxylic acids is 1. The summed E-state index contributed by atoms with van der Waals surface area (Å²) in [6, 6.07) is 3.74. The van der Waals surface area contributed by atoms with Crippen LogP contribution in [0, 0.1) is 5.82 Å². The highest BCUT2D eigenvalue weighted by molar-refractivity contribution is 6.33. The molecule has 1 aromatic heterocycles. The summed E-state index contributed by atoms with van der Waals surface area (Å²) in [6.07, 6.45) is 3.22. The van der Waals surface area contributed by atoms with Crippen LogP contribution in [0.4, 0.5) is 10.1 Å². The van der Waals surface area contributed by atoms with Crippen LogP contribution in [0.15, 0.2) is 30.6 Å². The van der Waals surface area contributed by atoms with Crippen molar-refractivity contribution < 1.29 is 13.9 Å². The number of halogens is 2. The minimum absolute atomic E-state index is 0.136. The number of rotatable bonds is 5. The molecule has 1 aromatic carbocycles. The third-order valence-electron chi connectivity index (χ3n) is 2.51. The number of aryl methyl sites for hydroxylation is 1. The zero-order valence-corrected chi connectivity index (χ0v) is 11.5. The van der Waals surface area contributed by atoms with E-state index in [0.29, 0.717) is 11.4 Å². The Labute approximate surface area is 120 Å². The lowest BCUT2D eigenvalue weighted by atomic mass is 10.3. The zero-order valence-electron chi connectivity index (χ0n) is 10.8. The Bertz CT molecular complexity index is 615. The van der Waals surface area contributed by atoms with Crippen LogP contribution in [-0.4, -0.2) is 22.3 Å². The Kier molecular flexibility index (Phi) is 4.57. The maximum Gasteiger partial charge on any atom is 0.262 e. The molecular weight excluding hydrogens is 285 g/mol. The third kappa shape index (κ3) is 3.71. The smallest absolute Gasteiger partial charge is 0.262 e. The fourth-order valence-corrected chi connectivity index (χ4v) is 1.73. The number of benzene rings is 1. The number of carbonyl (C=O) groups is 1. The van der Waals surface area contributed by atoms with E-state index in [1.807, 2.05) is 6.92 Å². The fourth-order valence-electron chi connectivity index (χ4n) is 1.52. The van der Waals surface area contributed by atoms with E-state index in [1.54, 1.807) is 10.9 Å². The zero-order chi connectivity index (χ0) is 14.5. The molecule has 0 radical (unpaired) electrons. The number of ether oxygens (including phenoxy) is 1. The molecule has 0 aliphatic heterocycles. The Balaban J connectivity index is 1.89. The fraction of sp³-hybridized carbons (Fsp3) is 0.231. The number of nitrogens with zero attached hydrogens (tertiary/aromatic N) is 2. The monoisotopic (exact) mass is 297 g/mol. The highest BCUT2D eigenvalue weighted by Gasteiger charge is 2.08. The molecule has 0 atom stereocenters. The summed E-state index contributed by atoms with van der Waals surface area (Å²) in [5.74, 6) is -0.341. The standard InChI is InChI=1S/C13H13ClFN3O2/c1-2-18-7-10(6-16-18)20-8-13(19)17-12-4-3-9(15)5-11(12)14/h3-7H,2,8H2,1H3,(H,17,19). The SMILES string of the molecule is CCn1cc(OCC(=O)Nc2ccc(F)cc2Cl)cn1. The highest BCUT2D eigenvalue weighted by atomic mass is 35.5. The maximum atomic E-state index is 12.9.